The standard InChI is InChI=1S/C23H17N5O5S/c1-27-16-8-4-5-9-18(16)34-23(27)15(10-24)17(29)12-33-19(30)11-28-22(32)14-7-3-2-6-13(14)20(26-28)21(25)31/h2-9H,11-12H2,1H3,(H2,25,31)/b23-15-. The fourth-order valence-corrected chi connectivity index (χ4v) is 4.62. The minimum absolute atomic E-state index is 0.145. The molecule has 11 heteroatoms. The summed E-state index contributed by atoms with van der Waals surface area (Å²) < 4.78 is 5.77. The first-order valence-corrected chi connectivity index (χ1v) is 10.8. The van der Waals surface area contributed by atoms with E-state index in [0.717, 1.165) is 15.3 Å². The number of hydrogen-bond donors (Lipinski definition) is 1. The van der Waals surface area contributed by atoms with E-state index in [2.05, 4.69) is 5.10 Å². The Labute approximate surface area is 197 Å². The summed E-state index contributed by atoms with van der Waals surface area (Å²) in [6, 6.07) is 15.6. The normalized spacial score (nSPS) is 13.8. The molecule has 4 rings (SSSR count). The van der Waals surface area contributed by atoms with Crippen molar-refractivity contribution < 1.29 is 19.1 Å². The van der Waals surface area contributed by atoms with Gasteiger partial charge in [-0.05, 0) is 18.2 Å². The van der Waals surface area contributed by atoms with E-state index in [-0.39, 0.29) is 22.0 Å². The van der Waals surface area contributed by atoms with Crippen molar-refractivity contribution in [2.24, 2.45) is 5.73 Å². The van der Waals surface area contributed by atoms with E-state index in [9.17, 15) is 24.4 Å². The van der Waals surface area contributed by atoms with Gasteiger partial charge in [-0.15, -0.1) is 0 Å². The minimum atomic E-state index is -0.938. The molecule has 2 N–H and O–H groups in total. The Morgan fingerprint density at radius 2 is 1.79 bits per heavy atom. The first-order valence-electron chi connectivity index (χ1n) is 9.95. The van der Waals surface area contributed by atoms with Gasteiger partial charge in [0.2, 0.25) is 5.78 Å². The van der Waals surface area contributed by atoms with Crippen LogP contribution in [0.5, 0.6) is 0 Å². The number of para-hydroxylation sites is 1. The van der Waals surface area contributed by atoms with Crippen molar-refractivity contribution in [1.29, 1.82) is 5.26 Å². The van der Waals surface area contributed by atoms with Gasteiger partial charge in [-0.1, -0.05) is 42.1 Å². The molecule has 0 radical (unpaired) electrons. The Morgan fingerprint density at radius 1 is 1.12 bits per heavy atom. The fraction of sp³-hybridized carbons (Fsp3) is 0.130. The second kappa shape index (κ2) is 9.21. The van der Waals surface area contributed by atoms with Gasteiger partial charge in [0.25, 0.3) is 11.5 Å². The number of fused-ring (bicyclic) bond motifs is 2. The van der Waals surface area contributed by atoms with Crippen LogP contribution < -0.4 is 16.2 Å². The van der Waals surface area contributed by atoms with Crippen molar-refractivity contribution in [2.45, 2.75) is 11.4 Å². The Morgan fingerprint density at radius 3 is 2.47 bits per heavy atom. The van der Waals surface area contributed by atoms with Crippen LogP contribution in [-0.4, -0.2) is 41.1 Å². The number of nitrogens with zero attached hydrogens (tertiary/aromatic N) is 4. The summed E-state index contributed by atoms with van der Waals surface area (Å²) in [5, 5.41) is 14.3. The van der Waals surface area contributed by atoms with Crippen LogP contribution in [0.3, 0.4) is 0 Å². The van der Waals surface area contributed by atoms with Crippen molar-refractivity contribution in [2.75, 3.05) is 18.6 Å². The number of thioether (sulfide) groups is 1. The Balaban J connectivity index is 1.51. The summed E-state index contributed by atoms with van der Waals surface area (Å²) in [4.78, 5) is 52.1. The zero-order valence-electron chi connectivity index (χ0n) is 17.8. The number of ether oxygens (including phenoxy) is 1. The summed E-state index contributed by atoms with van der Waals surface area (Å²) in [7, 11) is 1.74. The lowest BCUT2D eigenvalue weighted by Crippen LogP contribution is -2.31. The van der Waals surface area contributed by atoms with Crippen LogP contribution in [0.15, 0.2) is 68.8 Å². The molecule has 10 nitrogen and oxygen atoms in total. The van der Waals surface area contributed by atoms with Crippen molar-refractivity contribution in [3.63, 3.8) is 0 Å². The number of carbonyl (C=O) groups is 3. The molecule has 2 aromatic carbocycles. The van der Waals surface area contributed by atoms with Gasteiger partial charge in [0.1, 0.15) is 23.2 Å². The minimum Gasteiger partial charge on any atom is -0.456 e. The van der Waals surface area contributed by atoms with E-state index in [0.29, 0.717) is 5.03 Å². The number of anilines is 1. The molecular formula is C23H17N5O5S. The molecule has 34 heavy (non-hydrogen) atoms. The fourth-order valence-electron chi connectivity index (χ4n) is 3.46. The smallest absolute Gasteiger partial charge is 0.328 e. The number of nitriles is 1. The Bertz CT molecular complexity index is 1490. The maximum Gasteiger partial charge on any atom is 0.328 e. The molecule has 1 aliphatic rings. The molecule has 1 aliphatic heterocycles. The maximum absolute atomic E-state index is 12.7. The third kappa shape index (κ3) is 4.14. The van der Waals surface area contributed by atoms with Crippen LogP contribution >= 0.6 is 11.8 Å². The van der Waals surface area contributed by atoms with E-state index in [1.807, 2.05) is 30.3 Å². The molecule has 0 bridgehead atoms. The lowest BCUT2D eigenvalue weighted by Gasteiger charge is -2.14. The maximum atomic E-state index is 12.7. The predicted octanol–water partition coefficient (Wildman–Crippen LogP) is 1.58. The van der Waals surface area contributed by atoms with Crippen LogP contribution in [0, 0.1) is 11.3 Å². The van der Waals surface area contributed by atoms with Crippen molar-refractivity contribution in [3.05, 3.63) is 75.2 Å². The van der Waals surface area contributed by atoms with Gasteiger partial charge < -0.3 is 15.4 Å². The number of aromatic nitrogens is 2. The molecule has 0 saturated carbocycles. The van der Waals surface area contributed by atoms with Crippen molar-refractivity contribution >= 4 is 45.9 Å². The molecule has 0 atom stereocenters. The number of nitrogens with two attached hydrogens (primary N) is 1. The molecule has 0 saturated heterocycles. The monoisotopic (exact) mass is 475 g/mol. The average Bonchev–Trinajstić information content (AvgIpc) is 3.16. The largest absolute Gasteiger partial charge is 0.456 e. The zero-order chi connectivity index (χ0) is 24.4. The van der Waals surface area contributed by atoms with Gasteiger partial charge in [0.15, 0.2) is 12.3 Å². The zero-order valence-corrected chi connectivity index (χ0v) is 18.7. The van der Waals surface area contributed by atoms with Gasteiger partial charge in [-0.2, -0.15) is 10.4 Å². The molecule has 170 valence electrons. The van der Waals surface area contributed by atoms with Gasteiger partial charge >= 0.3 is 5.97 Å². The van der Waals surface area contributed by atoms with Gasteiger partial charge in [-0.3, -0.25) is 19.2 Å². The molecule has 0 spiro atoms. The van der Waals surface area contributed by atoms with E-state index in [4.69, 9.17) is 10.5 Å². The number of primary amides is 1. The highest BCUT2D eigenvalue weighted by atomic mass is 32.2. The summed E-state index contributed by atoms with van der Waals surface area (Å²) in [5.74, 6) is -2.49. The first kappa shape index (κ1) is 22.8. The predicted molar refractivity (Wildman–Crippen MR) is 124 cm³/mol. The number of ketones is 1. The molecular weight excluding hydrogens is 458 g/mol. The highest BCUT2D eigenvalue weighted by molar-refractivity contribution is 8.03. The van der Waals surface area contributed by atoms with Crippen LogP contribution in [0.4, 0.5) is 5.69 Å². The molecule has 2 heterocycles. The van der Waals surface area contributed by atoms with Crippen molar-refractivity contribution in [1.82, 2.24) is 9.78 Å². The quantitative estimate of drug-likeness (QED) is 0.319. The van der Waals surface area contributed by atoms with E-state index < -0.39 is 36.4 Å². The lowest BCUT2D eigenvalue weighted by atomic mass is 10.1. The molecule has 0 fully saturated rings. The van der Waals surface area contributed by atoms with Gasteiger partial charge in [0.05, 0.1) is 11.1 Å². The second-order valence-electron chi connectivity index (χ2n) is 7.23. The average molecular weight is 475 g/mol. The summed E-state index contributed by atoms with van der Waals surface area (Å²) in [6.07, 6.45) is 0. The highest BCUT2D eigenvalue weighted by Gasteiger charge is 2.28. The summed E-state index contributed by atoms with van der Waals surface area (Å²) >= 11 is 1.27. The van der Waals surface area contributed by atoms with Crippen LogP contribution in [0.25, 0.3) is 10.8 Å². The number of esters is 1. The number of rotatable bonds is 6. The van der Waals surface area contributed by atoms with Crippen molar-refractivity contribution in [3.8, 4) is 6.07 Å². The molecule has 1 amide bonds. The Hall–Kier alpha value is -4.43. The van der Waals surface area contributed by atoms with E-state index in [1.54, 1.807) is 24.1 Å². The molecule has 0 unspecified atom stereocenters. The van der Waals surface area contributed by atoms with Crippen LogP contribution in [0.1, 0.15) is 10.5 Å². The number of carbonyl (C=O) groups excluding carboxylic acids is 3. The number of hydrogen-bond acceptors (Lipinski definition) is 9. The lowest BCUT2D eigenvalue weighted by molar-refractivity contribution is -0.147. The molecule has 1 aromatic heterocycles. The topological polar surface area (TPSA) is 148 Å². The SMILES string of the molecule is CN1/C(=C(\C#N)C(=O)COC(=O)Cn2nc(C(N)=O)c3ccccc3c2=O)Sc2ccccc21. The first-order chi connectivity index (χ1) is 16.3. The van der Waals surface area contributed by atoms with Crippen LogP contribution in [-0.2, 0) is 20.9 Å². The summed E-state index contributed by atoms with van der Waals surface area (Å²) in [5.41, 5.74) is 5.28. The third-order valence-electron chi connectivity index (χ3n) is 5.09. The van der Waals surface area contributed by atoms with E-state index >= 15 is 0 Å². The number of amides is 1. The third-order valence-corrected chi connectivity index (χ3v) is 6.32. The molecule has 3 aromatic rings. The number of Topliss-reactive ketones (excluding diaryl/α,β-unsaturated/α-hetero) is 1. The van der Waals surface area contributed by atoms with Crippen LogP contribution in [0.2, 0.25) is 0 Å². The Kier molecular flexibility index (Phi) is 6.16. The molecule has 0 aliphatic carbocycles. The van der Waals surface area contributed by atoms with Gasteiger partial charge in [0, 0.05) is 17.3 Å². The van der Waals surface area contributed by atoms with E-state index in [1.165, 1.54) is 23.9 Å². The van der Waals surface area contributed by atoms with Gasteiger partial charge in [-0.25, -0.2) is 4.68 Å². The summed E-state index contributed by atoms with van der Waals surface area (Å²) in [6.45, 7) is -1.34. The highest BCUT2D eigenvalue weighted by Crippen LogP contribution is 2.46. The number of benzene rings is 2. The second-order valence-corrected chi connectivity index (χ2v) is 8.26.